The summed E-state index contributed by atoms with van der Waals surface area (Å²) in [7, 11) is 0. The van der Waals surface area contributed by atoms with Gasteiger partial charge in [0, 0.05) is 12.2 Å². The molecule has 0 aromatic carbocycles. The molecular formula is C10H18N2O3. The Bertz CT molecular complexity index is 205. The van der Waals surface area contributed by atoms with E-state index in [9.17, 15) is 9.59 Å². The van der Waals surface area contributed by atoms with Crippen LogP contribution in [-0.2, 0) is 14.3 Å². The molecule has 1 aliphatic heterocycles. The Morgan fingerprint density at radius 1 is 0.867 bits per heavy atom. The highest BCUT2D eigenvalue weighted by molar-refractivity contribution is 6.04. The third kappa shape index (κ3) is 9.11. The molecule has 0 aliphatic carbocycles. The molecule has 15 heavy (non-hydrogen) atoms. The molecule has 0 bridgehead atoms. The molecule has 0 spiro atoms. The zero-order valence-corrected chi connectivity index (χ0v) is 8.78. The molecule has 0 aromatic heterocycles. The van der Waals surface area contributed by atoms with Gasteiger partial charge in [0.15, 0.2) is 0 Å². The fourth-order valence-electron chi connectivity index (χ4n) is 0.945. The molecule has 0 saturated carbocycles. The van der Waals surface area contributed by atoms with Crippen molar-refractivity contribution in [2.75, 3.05) is 13.1 Å². The fourth-order valence-corrected chi connectivity index (χ4v) is 0.945. The number of rotatable bonds is 5. The molecular weight excluding hydrogens is 196 g/mol. The lowest BCUT2D eigenvalue weighted by Crippen LogP contribution is -2.00. The molecule has 0 fully saturated rings. The van der Waals surface area contributed by atoms with E-state index < -0.39 is 11.9 Å². The molecule has 86 valence electrons. The minimum atomic E-state index is -0.579. The third-order valence-corrected chi connectivity index (χ3v) is 1.71. The van der Waals surface area contributed by atoms with Crippen LogP contribution >= 0.6 is 0 Å². The smallest absolute Gasteiger partial charge is 0.338 e. The summed E-state index contributed by atoms with van der Waals surface area (Å²) in [4.78, 5) is 19.8. The lowest BCUT2D eigenvalue weighted by atomic mass is 10.2. The molecule has 0 amide bonds. The van der Waals surface area contributed by atoms with Gasteiger partial charge >= 0.3 is 11.9 Å². The number of cyclic esters (lactones) is 2. The van der Waals surface area contributed by atoms with Crippen LogP contribution in [0.5, 0.6) is 0 Å². The van der Waals surface area contributed by atoms with E-state index >= 15 is 0 Å². The normalized spacial score (nSPS) is 13.5. The lowest BCUT2D eigenvalue weighted by Gasteiger charge is -1.94. The van der Waals surface area contributed by atoms with Gasteiger partial charge in [0.2, 0.25) is 0 Å². The Labute approximate surface area is 89.5 Å². The van der Waals surface area contributed by atoms with Gasteiger partial charge in [-0.25, -0.2) is 9.59 Å². The molecule has 1 aliphatic rings. The molecule has 5 heteroatoms. The summed E-state index contributed by atoms with van der Waals surface area (Å²) < 4.78 is 3.97. The summed E-state index contributed by atoms with van der Waals surface area (Å²) in [5.74, 6) is -1.16. The summed E-state index contributed by atoms with van der Waals surface area (Å²) in [5, 5.41) is 0. The van der Waals surface area contributed by atoms with Crippen molar-refractivity contribution in [3.05, 3.63) is 12.2 Å². The van der Waals surface area contributed by atoms with Gasteiger partial charge in [-0.3, -0.25) is 0 Å². The van der Waals surface area contributed by atoms with Crippen LogP contribution in [0, 0.1) is 0 Å². The predicted molar refractivity (Wildman–Crippen MR) is 56.8 cm³/mol. The summed E-state index contributed by atoms with van der Waals surface area (Å²) >= 11 is 0. The minimum absolute atomic E-state index is 0.579. The number of ether oxygens (including phenoxy) is 1. The highest BCUT2D eigenvalue weighted by Crippen LogP contribution is 1.95. The van der Waals surface area contributed by atoms with Crippen LogP contribution < -0.4 is 11.5 Å². The van der Waals surface area contributed by atoms with Gasteiger partial charge < -0.3 is 16.2 Å². The number of esters is 2. The second kappa shape index (κ2) is 9.36. The van der Waals surface area contributed by atoms with E-state index in [1.54, 1.807) is 0 Å². The quantitative estimate of drug-likeness (QED) is 0.384. The number of nitrogens with two attached hydrogens (primary N) is 2. The lowest BCUT2D eigenvalue weighted by molar-refractivity contribution is -0.150. The third-order valence-electron chi connectivity index (χ3n) is 1.71. The zero-order chi connectivity index (χ0) is 11.5. The van der Waals surface area contributed by atoms with Gasteiger partial charge in [-0.2, -0.15) is 0 Å². The average Bonchev–Trinajstić information content (AvgIpc) is 2.58. The van der Waals surface area contributed by atoms with Crippen molar-refractivity contribution in [3.8, 4) is 0 Å². The van der Waals surface area contributed by atoms with Crippen molar-refractivity contribution in [1.82, 2.24) is 0 Å². The van der Waals surface area contributed by atoms with Crippen LogP contribution in [0.25, 0.3) is 0 Å². The first-order valence-electron chi connectivity index (χ1n) is 5.04. The van der Waals surface area contributed by atoms with Gasteiger partial charge in [0.1, 0.15) is 0 Å². The number of carbonyl (C=O) groups is 2. The second-order valence-electron chi connectivity index (χ2n) is 3.07. The van der Waals surface area contributed by atoms with Gasteiger partial charge in [-0.1, -0.05) is 12.8 Å². The number of hydrogen-bond donors (Lipinski definition) is 2. The largest absolute Gasteiger partial charge is 0.387 e. The number of hydrogen-bond acceptors (Lipinski definition) is 5. The van der Waals surface area contributed by atoms with E-state index in [0.717, 1.165) is 38.1 Å². The zero-order valence-electron chi connectivity index (χ0n) is 8.78. The SMILES string of the molecule is NCCCCCCN.O=C1C=CC(=O)O1. The summed E-state index contributed by atoms with van der Waals surface area (Å²) in [6.07, 6.45) is 6.96. The Kier molecular flexibility index (Phi) is 8.61. The minimum Gasteiger partial charge on any atom is -0.387 e. The van der Waals surface area contributed by atoms with Crippen LogP contribution in [0.3, 0.4) is 0 Å². The standard InChI is InChI=1S/C6H16N2.C4H2O3/c7-5-3-1-2-4-6-8;5-3-1-2-4(6)7-3/h1-8H2;1-2H. The van der Waals surface area contributed by atoms with Crippen molar-refractivity contribution in [3.63, 3.8) is 0 Å². The molecule has 4 N–H and O–H groups in total. The maximum atomic E-state index is 9.92. The van der Waals surface area contributed by atoms with Crippen molar-refractivity contribution >= 4 is 11.9 Å². The van der Waals surface area contributed by atoms with E-state index in [2.05, 4.69) is 4.74 Å². The van der Waals surface area contributed by atoms with E-state index in [4.69, 9.17) is 11.5 Å². The van der Waals surface area contributed by atoms with Gasteiger partial charge in [0.25, 0.3) is 0 Å². The van der Waals surface area contributed by atoms with Crippen molar-refractivity contribution in [2.24, 2.45) is 11.5 Å². The van der Waals surface area contributed by atoms with Gasteiger partial charge in [0.05, 0.1) is 0 Å². The fraction of sp³-hybridized carbons (Fsp3) is 0.600. The van der Waals surface area contributed by atoms with E-state index in [1.807, 2.05) is 0 Å². The Hall–Kier alpha value is -1.20. The van der Waals surface area contributed by atoms with Crippen molar-refractivity contribution < 1.29 is 14.3 Å². The molecule has 5 nitrogen and oxygen atoms in total. The van der Waals surface area contributed by atoms with Gasteiger partial charge in [-0.05, 0) is 25.9 Å². The first-order valence-corrected chi connectivity index (χ1v) is 5.04. The molecule has 0 radical (unpaired) electrons. The second-order valence-corrected chi connectivity index (χ2v) is 3.07. The molecule has 0 aromatic rings. The summed E-state index contributed by atoms with van der Waals surface area (Å²) in [5.41, 5.74) is 10.6. The summed E-state index contributed by atoms with van der Waals surface area (Å²) in [6, 6.07) is 0. The maximum absolute atomic E-state index is 9.92. The number of unbranched alkanes of at least 4 members (excludes halogenated alkanes) is 3. The monoisotopic (exact) mass is 214 g/mol. The van der Waals surface area contributed by atoms with E-state index in [0.29, 0.717) is 0 Å². The molecule has 0 atom stereocenters. The maximum Gasteiger partial charge on any atom is 0.338 e. The van der Waals surface area contributed by atoms with Crippen LogP contribution in [0.1, 0.15) is 25.7 Å². The Morgan fingerprint density at radius 2 is 1.27 bits per heavy atom. The number of carbonyl (C=O) groups excluding carboxylic acids is 2. The van der Waals surface area contributed by atoms with Crippen molar-refractivity contribution in [1.29, 1.82) is 0 Å². The molecule has 1 heterocycles. The average molecular weight is 214 g/mol. The summed E-state index contributed by atoms with van der Waals surface area (Å²) in [6.45, 7) is 1.65. The molecule has 0 saturated heterocycles. The highest BCUT2D eigenvalue weighted by Gasteiger charge is 2.10. The van der Waals surface area contributed by atoms with Gasteiger partial charge in [-0.15, -0.1) is 0 Å². The van der Waals surface area contributed by atoms with E-state index in [-0.39, 0.29) is 0 Å². The Balaban J connectivity index is 0.000000262. The first-order chi connectivity index (χ1) is 7.20. The van der Waals surface area contributed by atoms with Crippen LogP contribution in [0.2, 0.25) is 0 Å². The van der Waals surface area contributed by atoms with E-state index in [1.165, 1.54) is 12.8 Å². The first kappa shape index (κ1) is 13.8. The van der Waals surface area contributed by atoms with Crippen molar-refractivity contribution in [2.45, 2.75) is 25.7 Å². The molecule has 1 rings (SSSR count). The molecule has 0 unspecified atom stereocenters. The Morgan fingerprint density at radius 3 is 1.47 bits per heavy atom. The van der Waals surface area contributed by atoms with Crippen LogP contribution in [0.15, 0.2) is 12.2 Å². The topological polar surface area (TPSA) is 95.4 Å². The highest BCUT2D eigenvalue weighted by atomic mass is 16.6. The predicted octanol–water partition coefficient (Wildman–Crippen LogP) is 0.0902. The van der Waals surface area contributed by atoms with Crippen LogP contribution in [-0.4, -0.2) is 25.0 Å². The van der Waals surface area contributed by atoms with Crippen LogP contribution in [0.4, 0.5) is 0 Å².